The van der Waals surface area contributed by atoms with Gasteiger partial charge < -0.3 is 34.6 Å². The molecule has 3 saturated heterocycles. The molecule has 1 spiro atoms. The molecule has 3 aliphatic heterocycles. The van der Waals surface area contributed by atoms with E-state index in [-0.39, 0.29) is 55.1 Å². The summed E-state index contributed by atoms with van der Waals surface area (Å²) >= 11 is 3.74. The van der Waals surface area contributed by atoms with Gasteiger partial charge >= 0.3 is 5.97 Å². The zero-order valence-electron chi connectivity index (χ0n) is 30.3. The van der Waals surface area contributed by atoms with Crippen LogP contribution in [0.2, 0.25) is 0 Å². The summed E-state index contributed by atoms with van der Waals surface area (Å²) in [7, 11) is 0. The number of anilines is 2. The summed E-state index contributed by atoms with van der Waals surface area (Å²) in [5.74, 6) is -3.58. The number of halogens is 1. The molecule has 3 aliphatic rings. The van der Waals surface area contributed by atoms with Crippen LogP contribution >= 0.6 is 15.9 Å². The molecule has 5 rings (SSSR count). The molecule has 3 fully saturated rings. The zero-order chi connectivity index (χ0) is 37.6. The van der Waals surface area contributed by atoms with Crippen molar-refractivity contribution in [3.63, 3.8) is 0 Å². The van der Waals surface area contributed by atoms with Gasteiger partial charge in [-0.25, -0.2) is 0 Å². The van der Waals surface area contributed by atoms with Gasteiger partial charge in [-0.3, -0.25) is 19.2 Å². The van der Waals surface area contributed by atoms with Gasteiger partial charge in [-0.05, 0) is 69.9 Å². The first-order valence-corrected chi connectivity index (χ1v) is 19.1. The fourth-order valence-electron chi connectivity index (χ4n) is 8.13. The van der Waals surface area contributed by atoms with Crippen molar-refractivity contribution < 1.29 is 33.8 Å². The fourth-order valence-corrected chi connectivity index (χ4v) is 9.07. The molecule has 2 N–H and O–H groups in total. The van der Waals surface area contributed by atoms with Crippen LogP contribution in [-0.2, 0) is 28.7 Å². The molecule has 0 aliphatic carbocycles. The minimum Gasteiger partial charge on any atom is -0.455 e. The molecule has 280 valence electrons. The molecule has 0 radical (unpaired) electrons. The maximum Gasteiger partial charge on any atom is 0.313 e. The quantitative estimate of drug-likeness (QED) is 0.124. The number of ether oxygens (including phenoxy) is 2. The SMILES string of the molecule is C=CCCC(=O)N[C@@H](C)[C@H](OC(=O)[C@@H]1[C@H]2O[C@@]3(CC2Br)[C@H](C(=O)N(CC=C)c2ccc(N(CC)CC)cc2)N(CCCO)C(=O)[C@@H]13)c1ccccc1. The first kappa shape index (κ1) is 39.2. The molecule has 52 heavy (non-hydrogen) atoms. The average molecular weight is 780 g/mol. The number of benzene rings is 2. The van der Waals surface area contributed by atoms with Gasteiger partial charge in [0.1, 0.15) is 17.7 Å². The highest BCUT2D eigenvalue weighted by Crippen LogP contribution is 2.60. The molecule has 3 heterocycles. The number of esters is 1. The average Bonchev–Trinajstić information content (AvgIpc) is 3.74. The highest BCUT2D eigenvalue weighted by Gasteiger charge is 2.77. The lowest BCUT2D eigenvalue weighted by Crippen LogP contribution is -2.57. The number of nitrogens with zero attached hydrogens (tertiary/aromatic N) is 3. The summed E-state index contributed by atoms with van der Waals surface area (Å²) in [5, 5.41) is 12.8. The van der Waals surface area contributed by atoms with E-state index in [1.807, 2.05) is 54.6 Å². The number of carbonyl (C=O) groups excluding carboxylic acids is 4. The van der Waals surface area contributed by atoms with Crippen LogP contribution in [-0.4, -0.2) is 95.1 Å². The van der Waals surface area contributed by atoms with E-state index >= 15 is 0 Å². The van der Waals surface area contributed by atoms with Crippen molar-refractivity contribution in [2.24, 2.45) is 11.8 Å². The molecule has 1 unspecified atom stereocenters. The number of hydrogen-bond donors (Lipinski definition) is 2. The van der Waals surface area contributed by atoms with Crippen LogP contribution in [0.3, 0.4) is 0 Å². The number of carbonyl (C=O) groups is 4. The van der Waals surface area contributed by atoms with Crippen molar-refractivity contribution in [3.05, 3.63) is 85.5 Å². The first-order chi connectivity index (χ1) is 25.1. The van der Waals surface area contributed by atoms with Gasteiger partial charge in [0.05, 0.1) is 24.0 Å². The number of fused-ring (bicyclic) bond motifs is 1. The number of nitrogens with one attached hydrogen (secondary N) is 1. The van der Waals surface area contributed by atoms with E-state index in [0.717, 1.165) is 18.8 Å². The lowest BCUT2D eigenvalue weighted by Gasteiger charge is -2.37. The lowest BCUT2D eigenvalue weighted by atomic mass is 9.70. The van der Waals surface area contributed by atoms with Crippen molar-refractivity contribution in [1.82, 2.24) is 10.2 Å². The Bertz CT molecular complexity index is 1600. The standard InChI is InChI=1S/C40H51BrN4O7/c1-6-10-17-31(47)42-26(5)34(27-15-12-11-13-16-27)51-39(50)32-33-37(48)45(23-14-24-46)36(40(33)25-30(41)35(32)52-40)38(49)44(22-7-2)29-20-18-28(19-21-29)43(8-3)9-4/h6-7,11-13,15-16,18-21,26,30,32-36,46H,1-2,8-10,14,17,22-25H2,3-5H3,(H,42,47)/t26-,30?,32-,33+,34-,35-,36-,40+/m0/s1. The van der Waals surface area contributed by atoms with E-state index in [9.17, 15) is 24.3 Å². The van der Waals surface area contributed by atoms with Crippen LogP contribution in [0, 0.1) is 11.8 Å². The van der Waals surface area contributed by atoms with Gasteiger partial charge in [0.2, 0.25) is 11.8 Å². The van der Waals surface area contributed by atoms with Gasteiger partial charge in [-0.1, -0.05) is 58.4 Å². The van der Waals surface area contributed by atoms with E-state index in [0.29, 0.717) is 24.1 Å². The predicted molar refractivity (Wildman–Crippen MR) is 204 cm³/mol. The maximum atomic E-state index is 14.9. The maximum absolute atomic E-state index is 14.9. The molecule has 8 atom stereocenters. The van der Waals surface area contributed by atoms with Crippen molar-refractivity contribution >= 4 is 51.0 Å². The van der Waals surface area contributed by atoms with E-state index in [1.165, 1.54) is 4.90 Å². The Hall–Kier alpha value is -4.00. The molecule has 0 aromatic heterocycles. The molecule has 0 saturated carbocycles. The third-order valence-electron chi connectivity index (χ3n) is 10.5. The van der Waals surface area contributed by atoms with Crippen molar-refractivity contribution in [2.45, 2.75) is 81.2 Å². The number of allylic oxidation sites excluding steroid dienone is 1. The number of hydrogen-bond acceptors (Lipinski definition) is 8. The van der Waals surface area contributed by atoms with E-state index in [1.54, 1.807) is 24.0 Å². The third kappa shape index (κ3) is 7.56. The summed E-state index contributed by atoms with van der Waals surface area (Å²) in [4.78, 5) is 61.5. The minimum atomic E-state index is -1.32. The van der Waals surface area contributed by atoms with Crippen LogP contribution in [0.25, 0.3) is 0 Å². The van der Waals surface area contributed by atoms with Crippen LogP contribution in [0.1, 0.15) is 58.1 Å². The van der Waals surface area contributed by atoms with Crippen molar-refractivity contribution in [2.75, 3.05) is 42.6 Å². The van der Waals surface area contributed by atoms with Crippen LogP contribution in [0.4, 0.5) is 11.4 Å². The van der Waals surface area contributed by atoms with Gasteiger partial charge in [0, 0.05) is 55.4 Å². The summed E-state index contributed by atoms with van der Waals surface area (Å²) in [6.07, 6.45) is 3.04. The Morgan fingerprint density at radius 2 is 1.77 bits per heavy atom. The van der Waals surface area contributed by atoms with Crippen LogP contribution in [0.5, 0.6) is 0 Å². The number of aliphatic hydroxyl groups excluding tert-OH is 1. The summed E-state index contributed by atoms with van der Waals surface area (Å²) in [6, 6.07) is 15.2. The molecular weight excluding hydrogens is 728 g/mol. The lowest BCUT2D eigenvalue weighted by molar-refractivity contribution is -0.162. The molecule has 12 heteroatoms. The van der Waals surface area contributed by atoms with Crippen molar-refractivity contribution in [3.8, 4) is 0 Å². The summed E-state index contributed by atoms with van der Waals surface area (Å²) in [5.41, 5.74) is 1.03. The highest BCUT2D eigenvalue weighted by atomic mass is 79.9. The first-order valence-electron chi connectivity index (χ1n) is 18.2. The fraction of sp³-hybridized carbons (Fsp3) is 0.500. The van der Waals surface area contributed by atoms with E-state index in [4.69, 9.17) is 9.47 Å². The van der Waals surface area contributed by atoms with Gasteiger partial charge in [0.25, 0.3) is 5.91 Å². The highest BCUT2D eigenvalue weighted by molar-refractivity contribution is 9.09. The van der Waals surface area contributed by atoms with E-state index < -0.39 is 47.7 Å². The Morgan fingerprint density at radius 1 is 1.10 bits per heavy atom. The molecule has 2 aromatic rings. The molecule has 3 amide bonds. The molecular formula is C40H51BrN4O7. The number of amides is 3. The number of alkyl halides is 1. The Balaban J connectivity index is 1.48. The smallest absolute Gasteiger partial charge is 0.313 e. The number of aliphatic hydroxyl groups is 1. The second-order valence-electron chi connectivity index (χ2n) is 13.7. The molecule has 2 bridgehead atoms. The summed E-state index contributed by atoms with van der Waals surface area (Å²) in [6.45, 7) is 15.3. The van der Waals surface area contributed by atoms with Crippen LogP contribution in [0.15, 0.2) is 79.9 Å². The Morgan fingerprint density at radius 3 is 2.38 bits per heavy atom. The van der Waals surface area contributed by atoms with Crippen molar-refractivity contribution in [1.29, 1.82) is 0 Å². The number of likely N-dealkylation sites (tertiary alicyclic amines) is 1. The zero-order valence-corrected chi connectivity index (χ0v) is 31.9. The monoisotopic (exact) mass is 778 g/mol. The van der Waals surface area contributed by atoms with Gasteiger partial charge in [0.15, 0.2) is 0 Å². The third-order valence-corrected chi connectivity index (χ3v) is 11.4. The second-order valence-corrected chi connectivity index (χ2v) is 14.8. The van der Waals surface area contributed by atoms with Gasteiger partial charge in [-0.2, -0.15) is 0 Å². The van der Waals surface area contributed by atoms with E-state index in [2.05, 4.69) is 53.2 Å². The predicted octanol–water partition coefficient (Wildman–Crippen LogP) is 4.94. The topological polar surface area (TPSA) is 129 Å². The Kier molecular flexibility index (Phi) is 13.0. The Labute approximate surface area is 315 Å². The minimum absolute atomic E-state index is 0.107. The number of rotatable bonds is 18. The second kappa shape index (κ2) is 17.2. The molecule has 2 aromatic carbocycles. The largest absolute Gasteiger partial charge is 0.455 e. The normalized spacial score (nSPS) is 25.6. The molecule has 11 nitrogen and oxygen atoms in total. The van der Waals surface area contributed by atoms with Gasteiger partial charge in [-0.15, -0.1) is 13.2 Å². The van der Waals surface area contributed by atoms with Crippen LogP contribution < -0.4 is 15.1 Å². The summed E-state index contributed by atoms with van der Waals surface area (Å²) < 4.78 is 13.0.